The molecule has 1 amide bonds. The molecular formula is C10H11BrN2OS. The fourth-order valence-corrected chi connectivity index (χ4v) is 2.69. The van der Waals surface area contributed by atoms with E-state index in [1.807, 2.05) is 24.4 Å². The molecule has 0 bridgehead atoms. The number of thiophene rings is 1. The number of amides is 1. The number of carbonyl (C=O) groups excluding carboxylic acids is 1. The van der Waals surface area contributed by atoms with Crippen molar-refractivity contribution in [3.8, 4) is 6.07 Å². The highest BCUT2D eigenvalue weighted by Crippen LogP contribution is 2.24. The van der Waals surface area contributed by atoms with Crippen LogP contribution in [0.5, 0.6) is 0 Å². The van der Waals surface area contributed by atoms with Gasteiger partial charge in [-0.2, -0.15) is 5.26 Å². The largest absolute Gasteiger partial charge is 0.337 e. The zero-order valence-corrected chi connectivity index (χ0v) is 10.8. The second-order valence-corrected chi connectivity index (χ2v) is 4.66. The Hall–Kier alpha value is -0.860. The zero-order chi connectivity index (χ0) is 11.3. The van der Waals surface area contributed by atoms with E-state index in [0.29, 0.717) is 24.4 Å². The van der Waals surface area contributed by atoms with Crippen LogP contribution in [0.4, 0.5) is 0 Å². The molecule has 0 fully saturated rings. The fourth-order valence-electron chi connectivity index (χ4n) is 1.18. The Morgan fingerprint density at radius 1 is 1.73 bits per heavy atom. The Morgan fingerprint density at radius 2 is 2.47 bits per heavy atom. The van der Waals surface area contributed by atoms with Crippen molar-refractivity contribution in [3.63, 3.8) is 0 Å². The molecule has 0 atom stereocenters. The Bertz CT molecular complexity index is 383. The molecule has 0 radical (unpaired) electrons. The second kappa shape index (κ2) is 5.89. The lowest BCUT2D eigenvalue weighted by Crippen LogP contribution is -2.31. The highest BCUT2D eigenvalue weighted by molar-refractivity contribution is 9.10. The van der Waals surface area contributed by atoms with E-state index in [0.717, 1.165) is 4.47 Å². The lowest BCUT2D eigenvalue weighted by Gasteiger charge is -2.18. The number of nitriles is 1. The Balaban J connectivity index is 2.74. The van der Waals surface area contributed by atoms with Crippen LogP contribution in [0.15, 0.2) is 15.9 Å². The lowest BCUT2D eigenvalue weighted by molar-refractivity contribution is 0.0772. The van der Waals surface area contributed by atoms with Crippen molar-refractivity contribution in [1.29, 1.82) is 5.26 Å². The summed E-state index contributed by atoms with van der Waals surface area (Å²) in [6.07, 6.45) is 0.378. The Morgan fingerprint density at radius 3 is 2.93 bits per heavy atom. The quantitative estimate of drug-likeness (QED) is 0.854. The molecule has 0 saturated carbocycles. The van der Waals surface area contributed by atoms with Crippen LogP contribution >= 0.6 is 27.3 Å². The molecule has 1 heterocycles. The summed E-state index contributed by atoms with van der Waals surface area (Å²) >= 11 is 4.74. The lowest BCUT2D eigenvalue weighted by atomic mass is 10.3. The summed E-state index contributed by atoms with van der Waals surface area (Å²) < 4.78 is 0.827. The summed E-state index contributed by atoms with van der Waals surface area (Å²) in [5, 5.41) is 10.4. The molecule has 0 saturated heterocycles. The number of nitrogens with zero attached hydrogens (tertiary/aromatic N) is 2. The van der Waals surface area contributed by atoms with E-state index in [4.69, 9.17) is 5.26 Å². The second-order valence-electron chi connectivity index (χ2n) is 2.89. The molecule has 80 valence electrons. The van der Waals surface area contributed by atoms with E-state index in [9.17, 15) is 4.79 Å². The minimum Gasteiger partial charge on any atom is -0.337 e. The minimum atomic E-state index is -0.00498. The summed E-state index contributed by atoms with van der Waals surface area (Å²) in [5.74, 6) is -0.00498. The summed E-state index contributed by atoms with van der Waals surface area (Å²) in [6.45, 7) is 3.04. The molecule has 0 unspecified atom stereocenters. The van der Waals surface area contributed by atoms with Gasteiger partial charge >= 0.3 is 0 Å². The van der Waals surface area contributed by atoms with Crippen molar-refractivity contribution in [2.24, 2.45) is 0 Å². The van der Waals surface area contributed by atoms with Crippen molar-refractivity contribution in [3.05, 3.63) is 20.8 Å². The first kappa shape index (κ1) is 12.2. The minimum absolute atomic E-state index is 0.00498. The molecule has 1 aromatic heterocycles. The maximum atomic E-state index is 12.0. The maximum absolute atomic E-state index is 12.0. The van der Waals surface area contributed by atoms with Crippen LogP contribution in [-0.2, 0) is 0 Å². The monoisotopic (exact) mass is 286 g/mol. The molecular weight excluding hydrogens is 276 g/mol. The number of rotatable bonds is 4. The van der Waals surface area contributed by atoms with Gasteiger partial charge < -0.3 is 4.90 Å². The van der Waals surface area contributed by atoms with Gasteiger partial charge in [-0.15, -0.1) is 11.3 Å². The first-order valence-electron chi connectivity index (χ1n) is 4.60. The standard InChI is InChI=1S/C10H11BrN2OS/c1-2-13(6-3-5-12)10(14)9-8(11)4-7-15-9/h4,7H,2-3,6H2,1H3. The van der Waals surface area contributed by atoms with Gasteiger partial charge in [-0.05, 0) is 34.3 Å². The topological polar surface area (TPSA) is 44.1 Å². The van der Waals surface area contributed by atoms with Crippen molar-refractivity contribution in [2.75, 3.05) is 13.1 Å². The average Bonchev–Trinajstić information content (AvgIpc) is 2.65. The number of hydrogen-bond donors (Lipinski definition) is 0. The predicted molar refractivity (Wildman–Crippen MR) is 63.8 cm³/mol. The molecule has 1 aromatic rings. The summed E-state index contributed by atoms with van der Waals surface area (Å²) in [6, 6.07) is 3.90. The molecule has 0 aliphatic heterocycles. The van der Waals surface area contributed by atoms with E-state index in [1.54, 1.807) is 4.90 Å². The molecule has 15 heavy (non-hydrogen) atoms. The number of hydrogen-bond acceptors (Lipinski definition) is 3. The van der Waals surface area contributed by atoms with Gasteiger partial charge in [0, 0.05) is 17.6 Å². The third kappa shape index (κ3) is 3.05. The van der Waals surface area contributed by atoms with Crippen LogP contribution in [0.1, 0.15) is 23.0 Å². The highest BCUT2D eigenvalue weighted by Gasteiger charge is 2.17. The maximum Gasteiger partial charge on any atom is 0.265 e. The van der Waals surface area contributed by atoms with Crippen LogP contribution in [0.2, 0.25) is 0 Å². The molecule has 0 aliphatic rings. The van der Waals surface area contributed by atoms with E-state index in [-0.39, 0.29) is 5.91 Å². The molecule has 0 spiro atoms. The van der Waals surface area contributed by atoms with Gasteiger partial charge in [0.2, 0.25) is 0 Å². The van der Waals surface area contributed by atoms with E-state index in [2.05, 4.69) is 15.9 Å². The first-order valence-corrected chi connectivity index (χ1v) is 6.27. The van der Waals surface area contributed by atoms with Crippen molar-refractivity contribution < 1.29 is 4.79 Å². The SMILES string of the molecule is CCN(CCC#N)C(=O)c1sccc1Br. The predicted octanol–water partition coefficient (Wildman–Crippen LogP) is 2.89. The molecule has 0 aliphatic carbocycles. The third-order valence-electron chi connectivity index (χ3n) is 1.97. The normalized spacial score (nSPS) is 9.67. The van der Waals surface area contributed by atoms with Gasteiger partial charge in [0.25, 0.3) is 5.91 Å². The highest BCUT2D eigenvalue weighted by atomic mass is 79.9. The van der Waals surface area contributed by atoms with Crippen molar-refractivity contribution in [1.82, 2.24) is 4.90 Å². The van der Waals surface area contributed by atoms with E-state index < -0.39 is 0 Å². The van der Waals surface area contributed by atoms with Crippen LogP contribution in [0.3, 0.4) is 0 Å². The Labute approximate surface area is 101 Å². The van der Waals surface area contributed by atoms with Gasteiger partial charge in [-0.1, -0.05) is 0 Å². The fraction of sp³-hybridized carbons (Fsp3) is 0.400. The molecule has 1 rings (SSSR count). The zero-order valence-electron chi connectivity index (χ0n) is 8.36. The Kier molecular flexibility index (Phi) is 4.79. The average molecular weight is 287 g/mol. The van der Waals surface area contributed by atoms with Gasteiger partial charge in [0.15, 0.2) is 0 Å². The third-order valence-corrected chi connectivity index (χ3v) is 3.80. The van der Waals surface area contributed by atoms with Crippen molar-refractivity contribution in [2.45, 2.75) is 13.3 Å². The smallest absolute Gasteiger partial charge is 0.265 e. The molecule has 0 aromatic carbocycles. The van der Waals surface area contributed by atoms with Gasteiger partial charge in [-0.3, -0.25) is 4.79 Å². The van der Waals surface area contributed by atoms with Crippen molar-refractivity contribution >= 4 is 33.2 Å². The van der Waals surface area contributed by atoms with E-state index in [1.165, 1.54) is 11.3 Å². The summed E-state index contributed by atoms with van der Waals surface area (Å²) in [4.78, 5) is 14.3. The first-order chi connectivity index (χ1) is 7.20. The molecule has 3 nitrogen and oxygen atoms in total. The van der Waals surface area contributed by atoms with Crippen LogP contribution in [0, 0.1) is 11.3 Å². The van der Waals surface area contributed by atoms with Gasteiger partial charge in [-0.25, -0.2) is 0 Å². The van der Waals surface area contributed by atoms with Crippen LogP contribution in [0.25, 0.3) is 0 Å². The van der Waals surface area contributed by atoms with Crippen LogP contribution in [-0.4, -0.2) is 23.9 Å². The summed E-state index contributed by atoms with van der Waals surface area (Å²) in [5.41, 5.74) is 0. The van der Waals surface area contributed by atoms with Gasteiger partial charge in [0.1, 0.15) is 4.88 Å². The number of halogens is 1. The number of carbonyl (C=O) groups is 1. The molecule has 5 heteroatoms. The van der Waals surface area contributed by atoms with Gasteiger partial charge in [0.05, 0.1) is 12.5 Å². The molecule has 0 N–H and O–H groups in total. The van der Waals surface area contributed by atoms with E-state index >= 15 is 0 Å². The van der Waals surface area contributed by atoms with Crippen LogP contribution < -0.4 is 0 Å². The summed E-state index contributed by atoms with van der Waals surface area (Å²) in [7, 11) is 0.